The van der Waals surface area contributed by atoms with Gasteiger partial charge in [-0.25, -0.2) is 4.98 Å². The summed E-state index contributed by atoms with van der Waals surface area (Å²) in [5, 5.41) is 0. The van der Waals surface area contributed by atoms with Crippen LogP contribution in [0.15, 0.2) is 30.7 Å². The van der Waals surface area contributed by atoms with Crippen molar-refractivity contribution < 1.29 is 0 Å². The van der Waals surface area contributed by atoms with Crippen molar-refractivity contribution in [1.29, 1.82) is 0 Å². The molecule has 2 heteroatoms. The lowest BCUT2D eigenvalue weighted by Crippen LogP contribution is -2.00. The van der Waals surface area contributed by atoms with E-state index in [-0.39, 0.29) is 0 Å². The summed E-state index contributed by atoms with van der Waals surface area (Å²) in [6.07, 6.45) is 4.82. The molecule has 0 saturated heterocycles. The van der Waals surface area contributed by atoms with E-state index in [4.69, 9.17) is 0 Å². The maximum absolute atomic E-state index is 4.20. The molecular weight excluding hydrogens is 208 g/mol. The van der Waals surface area contributed by atoms with Gasteiger partial charge in [0.1, 0.15) is 0 Å². The molecule has 0 bridgehead atoms. The number of nitrogens with zero attached hydrogens (tertiary/aromatic N) is 2. The normalized spacial score (nSPS) is 9.71. The fourth-order valence-electron chi connectivity index (χ4n) is 1.88. The second-order valence-corrected chi connectivity index (χ2v) is 3.90. The summed E-state index contributed by atoms with van der Waals surface area (Å²) in [4.78, 5) is 4.20. The van der Waals surface area contributed by atoms with Crippen molar-refractivity contribution in [2.24, 2.45) is 0 Å². The first-order valence-corrected chi connectivity index (χ1v) is 6.31. The number of hydrogen-bond acceptors (Lipinski definition) is 1. The highest BCUT2D eigenvalue weighted by molar-refractivity contribution is 5.43. The van der Waals surface area contributed by atoms with Gasteiger partial charge in [-0.2, -0.15) is 0 Å². The molecule has 0 aliphatic heterocycles. The lowest BCUT2D eigenvalue weighted by Gasteiger charge is -2.10. The molecule has 0 aliphatic rings. The largest absolute Gasteiger partial charge is 0.303 e. The fourth-order valence-corrected chi connectivity index (χ4v) is 1.88. The summed E-state index contributed by atoms with van der Waals surface area (Å²) in [6.45, 7) is 10.4. The molecule has 0 amide bonds. The SMILES string of the molecule is CC.CCc1cncn1-c1ccc(C)cc1C. The van der Waals surface area contributed by atoms with E-state index in [0.29, 0.717) is 0 Å². The minimum Gasteiger partial charge on any atom is -0.303 e. The molecule has 0 saturated carbocycles. The Balaban J connectivity index is 0.000000686. The molecule has 1 heterocycles. The van der Waals surface area contributed by atoms with E-state index in [1.807, 2.05) is 26.4 Å². The topological polar surface area (TPSA) is 17.8 Å². The quantitative estimate of drug-likeness (QED) is 0.760. The van der Waals surface area contributed by atoms with Crippen molar-refractivity contribution in [3.63, 3.8) is 0 Å². The van der Waals surface area contributed by atoms with Gasteiger partial charge in [-0.15, -0.1) is 0 Å². The third-order valence-electron chi connectivity index (χ3n) is 2.69. The molecule has 2 rings (SSSR count). The number of aryl methyl sites for hydroxylation is 3. The number of rotatable bonds is 2. The zero-order valence-electron chi connectivity index (χ0n) is 11.5. The van der Waals surface area contributed by atoms with Crippen molar-refractivity contribution in [3.05, 3.63) is 47.5 Å². The number of aromatic nitrogens is 2. The van der Waals surface area contributed by atoms with Crippen LogP contribution in [0.5, 0.6) is 0 Å². The van der Waals surface area contributed by atoms with Gasteiger partial charge < -0.3 is 4.57 Å². The maximum Gasteiger partial charge on any atom is 0.0994 e. The Labute approximate surface area is 104 Å². The second kappa shape index (κ2) is 6.24. The van der Waals surface area contributed by atoms with Crippen LogP contribution >= 0.6 is 0 Å². The van der Waals surface area contributed by atoms with E-state index in [1.54, 1.807) is 0 Å². The first kappa shape index (κ1) is 13.5. The van der Waals surface area contributed by atoms with Crippen LogP contribution in [-0.2, 0) is 6.42 Å². The Hall–Kier alpha value is -1.57. The van der Waals surface area contributed by atoms with E-state index >= 15 is 0 Å². The van der Waals surface area contributed by atoms with Crippen LogP contribution < -0.4 is 0 Å². The molecule has 0 radical (unpaired) electrons. The molecule has 1 aromatic carbocycles. The average molecular weight is 230 g/mol. The first-order valence-electron chi connectivity index (χ1n) is 6.31. The van der Waals surface area contributed by atoms with Gasteiger partial charge in [0.15, 0.2) is 0 Å². The van der Waals surface area contributed by atoms with Crippen molar-refractivity contribution in [1.82, 2.24) is 9.55 Å². The highest BCUT2D eigenvalue weighted by Gasteiger charge is 2.04. The van der Waals surface area contributed by atoms with Gasteiger partial charge in [0.25, 0.3) is 0 Å². The summed E-state index contributed by atoms with van der Waals surface area (Å²) in [6, 6.07) is 6.50. The highest BCUT2D eigenvalue weighted by atomic mass is 15.0. The Morgan fingerprint density at radius 2 is 1.88 bits per heavy atom. The molecule has 2 nitrogen and oxygen atoms in total. The molecule has 0 fully saturated rings. The standard InChI is InChI=1S/C13H16N2.C2H6/c1-4-12-8-14-9-15(12)13-6-5-10(2)7-11(13)3;1-2/h5-9H,4H2,1-3H3;1-2H3. The van der Waals surface area contributed by atoms with Gasteiger partial charge in [-0.1, -0.05) is 38.5 Å². The van der Waals surface area contributed by atoms with E-state index in [1.165, 1.54) is 22.5 Å². The molecule has 0 spiro atoms. The minimum absolute atomic E-state index is 1.01. The Morgan fingerprint density at radius 1 is 1.18 bits per heavy atom. The summed E-state index contributed by atoms with van der Waals surface area (Å²) in [5.74, 6) is 0. The van der Waals surface area contributed by atoms with Gasteiger partial charge in [0, 0.05) is 17.6 Å². The van der Waals surface area contributed by atoms with Crippen LogP contribution in [0.1, 0.15) is 37.6 Å². The molecule has 1 aromatic heterocycles. The van der Waals surface area contributed by atoms with Crippen molar-refractivity contribution in [2.45, 2.75) is 41.0 Å². The van der Waals surface area contributed by atoms with Gasteiger partial charge in [-0.3, -0.25) is 0 Å². The van der Waals surface area contributed by atoms with Gasteiger partial charge in [0.05, 0.1) is 6.33 Å². The Morgan fingerprint density at radius 3 is 2.47 bits per heavy atom. The molecule has 0 N–H and O–H groups in total. The monoisotopic (exact) mass is 230 g/mol. The number of imidazole rings is 1. The van der Waals surface area contributed by atoms with Crippen LogP contribution in [-0.4, -0.2) is 9.55 Å². The average Bonchev–Trinajstić information content (AvgIpc) is 2.79. The van der Waals surface area contributed by atoms with Gasteiger partial charge in [-0.05, 0) is 31.9 Å². The highest BCUT2D eigenvalue weighted by Crippen LogP contribution is 2.17. The number of hydrogen-bond donors (Lipinski definition) is 0. The third kappa shape index (κ3) is 2.96. The summed E-state index contributed by atoms with van der Waals surface area (Å²) < 4.78 is 2.16. The van der Waals surface area contributed by atoms with Crippen LogP contribution in [0, 0.1) is 13.8 Å². The third-order valence-corrected chi connectivity index (χ3v) is 2.69. The maximum atomic E-state index is 4.20. The second-order valence-electron chi connectivity index (χ2n) is 3.90. The van der Waals surface area contributed by atoms with Crippen LogP contribution in [0.25, 0.3) is 5.69 Å². The van der Waals surface area contributed by atoms with E-state index < -0.39 is 0 Å². The summed E-state index contributed by atoms with van der Waals surface area (Å²) in [7, 11) is 0. The summed E-state index contributed by atoms with van der Waals surface area (Å²) in [5.41, 5.74) is 5.08. The molecular formula is C15H22N2. The molecule has 0 aliphatic carbocycles. The molecule has 2 aromatic rings. The summed E-state index contributed by atoms with van der Waals surface area (Å²) >= 11 is 0. The molecule has 0 unspecified atom stereocenters. The van der Waals surface area contributed by atoms with Crippen LogP contribution in [0.3, 0.4) is 0 Å². The first-order chi connectivity index (χ1) is 8.22. The fraction of sp³-hybridized carbons (Fsp3) is 0.400. The van der Waals surface area contributed by atoms with Crippen molar-refractivity contribution in [3.8, 4) is 5.69 Å². The lowest BCUT2D eigenvalue weighted by molar-refractivity contribution is 0.925. The van der Waals surface area contributed by atoms with Gasteiger partial charge in [0.2, 0.25) is 0 Å². The Kier molecular flexibility index (Phi) is 4.95. The van der Waals surface area contributed by atoms with Gasteiger partial charge >= 0.3 is 0 Å². The zero-order valence-corrected chi connectivity index (χ0v) is 11.5. The van der Waals surface area contributed by atoms with Crippen molar-refractivity contribution in [2.75, 3.05) is 0 Å². The van der Waals surface area contributed by atoms with E-state index in [9.17, 15) is 0 Å². The molecule has 92 valence electrons. The van der Waals surface area contributed by atoms with E-state index in [2.05, 4.69) is 48.5 Å². The minimum atomic E-state index is 1.01. The predicted octanol–water partition coefficient (Wildman–Crippen LogP) is 4.08. The Bertz CT molecular complexity index is 470. The smallest absolute Gasteiger partial charge is 0.0994 e. The van der Waals surface area contributed by atoms with Crippen LogP contribution in [0.2, 0.25) is 0 Å². The lowest BCUT2D eigenvalue weighted by atomic mass is 10.1. The van der Waals surface area contributed by atoms with Crippen molar-refractivity contribution >= 4 is 0 Å². The number of benzene rings is 1. The molecule has 17 heavy (non-hydrogen) atoms. The van der Waals surface area contributed by atoms with Crippen LogP contribution in [0.4, 0.5) is 0 Å². The predicted molar refractivity (Wildman–Crippen MR) is 73.8 cm³/mol. The van der Waals surface area contributed by atoms with E-state index in [0.717, 1.165) is 6.42 Å². The zero-order chi connectivity index (χ0) is 12.8. The molecule has 0 atom stereocenters.